The molecule has 6 aromatic carbocycles. The van der Waals surface area contributed by atoms with Crippen LogP contribution in [0.3, 0.4) is 0 Å². The molecular weight excluding hydrogens is 1030 g/mol. The second-order valence-electron chi connectivity index (χ2n) is 22.1. The molecule has 6 atom stereocenters. The summed E-state index contributed by atoms with van der Waals surface area (Å²) in [5.74, 6) is 0. The molecule has 0 aliphatic rings. The molecule has 0 heterocycles. The Morgan fingerprint density at radius 3 is 0.975 bits per heavy atom. The van der Waals surface area contributed by atoms with Crippen molar-refractivity contribution in [1.29, 1.82) is 0 Å². The molecule has 0 unspecified atom stereocenters. The highest BCUT2D eigenvalue weighted by Gasteiger charge is 2.53. The molecule has 0 spiro atoms. The molecule has 0 saturated carbocycles. The van der Waals surface area contributed by atoms with Crippen molar-refractivity contribution in [2.24, 2.45) is 5.73 Å². The third-order valence-corrected chi connectivity index (χ3v) is 24.2. The predicted octanol–water partition coefficient (Wildman–Crippen LogP) is 9.71. The van der Waals surface area contributed by atoms with E-state index < -0.39 is 47.2 Å². The van der Waals surface area contributed by atoms with Crippen molar-refractivity contribution in [3.05, 3.63) is 193 Å². The first kappa shape index (κ1) is 69.6. The second-order valence-corrected chi connectivity index (χ2v) is 30.6. The number of aliphatic hydroxyl groups excluding tert-OH is 5. The lowest BCUT2D eigenvalue weighted by Crippen LogP contribution is -2.68. The van der Waals surface area contributed by atoms with E-state index in [0.29, 0.717) is 78.1 Å². The van der Waals surface area contributed by atoms with E-state index in [0.717, 1.165) is 11.1 Å². The Balaban J connectivity index is 0.000000317. The van der Waals surface area contributed by atoms with Crippen molar-refractivity contribution in [2.45, 2.75) is 161 Å². The van der Waals surface area contributed by atoms with Gasteiger partial charge in [0.25, 0.3) is 16.6 Å². The maximum absolute atomic E-state index is 11.0. The summed E-state index contributed by atoms with van der Waals surface area (Å²) in [6.07, 6.45) is 0.197. The van der Waals surface area contributed by atoms with Gasteiger partial charge in [-0.1, -0.05) is 244 Å². The molecule has 0 amide bonds. The van der Waals surface area contributed by atoms with Gasteiger partial charge in [-0.05, 0) is 80.5 Å². The molecule has 0 aliphatic heterocycles. The van der Waals surface area contributed by atoms with Gasteiger partial charge in [0, 0.05) is 33.5 Å². The number of aliphatic hydroxyl groups is 5. The topological polar surface area (TPSA) is 173 Å². The van der Waals surface area contributed by atoms with Gasteiger partial charge in [-0.2, -0.15) is 0 Å². The van der Waals surface area contributed by atoms with E-state index in [1.807, 2.05) is 118 Å². The molecular formula is C67H99NO10Si2. The Labute approximate surface area is 483 Å². The Bertz CT molecular complexity index is 2350. The van der Waals surface area contributed by atoms with Crippen molar-refractivity contribution in [3.8, 4) is 0 Å². The maximum atomic E-state index is 11.0. The standard InChI is InChI=1S/C29H38O3Si.C22H32O3Si.C13H20O3.C3H9NO/c1-5-27(30)28(21-22-31-23-24-15-9-6-10-16-24)32-33(29(2,3)4,25-17-11-7-12-18-25)26-19-13-8-14-20-26;1-5-20(24)21(16-17-23)25-26(22(2,3)4,18-12-8-6-9-13-18)19-14-10-7-11-15-19;1-2-12(14)13(15)8-9-16-10-11-6-4-3-5-7-11;1-5-3-2-4/h6-20,27-28,30H,5,21-23H2,1-4H3;6-15,20-21,23-24H,5,16-17H2,1-4H3;3-7,12-15H,2,8-10H2,1H3;2-4H2,1H3/t27-,28+;20-,21+;12-,13+;/m111./s1. The van der Waals surface area contributed by atoms with Gasteiger partial charge < -0.3 is 54.3 Å². The second kappa shape index (κ2) is 37.4. The fourth-order valence-electron chi connectivity index (χ4n) is 9.66. The summed E-state index contributed by atoms with van der Waals surface area (Å²) >= 11 is 0. The van der Waals surface area contributed by atoms with Crippen LogP contribution in [-0.4, -0.2) is 119 Å². The zero-order valence-electron chi connectivity index (χ0n) is 49.8. The zero-order chi connectivity index (χ0) is 58.9. The Morgan fingerprint density at radius 1 is 0.412 bits per heavy atom. The van der Waals surface area contributed by atoms with E-state index in [4.69, 9.17) is 24.1 Å². The third-order valence-electron chi connectivity index (χ3n) is 14.1. The number of ether oxygens (including phenoxy) is 3. The predicted molar refractivity (Wildman–Crippen MR) is 334 cm³/mol. The van der Waals surface area contributed by atoms with Crippen LogP contribution in [0.4, 0.5) is 0 Å². The molecule has 0 fully saturated rings. The van der Waals surface area contributed by atoms with Crippen LogP contribution < -0.4 is 26.5 Å². The largest absolute Gasteiger partial charge is 0.402 e. The number of hydrogen-bond acceptors (Lipinski definition) is 11. The Kier molecular flexibility index (Phi) is 32.5. The smallest absolute Gasteiger partial charge is 0.261 e. The lowest BCUT2D eigenvalue weighted by atomic mass is 10.1. The first-order valence-electron chi connectivity index (χ1n) is 28.7. The van der Waals surface area contributed by atoms with Crippen LogP contribution in [0.25, 0.3) is 0 Å². The summed E-state index contributed by atoms with van der Waals surface area (Å²) < 4.78 is 30.0. The lowest BCUT2D eigenvalue weighted by Gasteiger charge is -2.46. The maximum Gasteiger partial charge on any atom is 0.261 e. The van der Waals surface area contributed by atoms with Crippen molar-refractivity contribution >= 4 is 37.4 Å². The van der Waals surface area contributed by atoms with Gasteiger partial charge in [0.15, 0.2) is 0 Å². The highest BCUT2D eigenvalue weighted by Crippen LogP contribution is 2.40. The van der Waals surface area contributed by atoms with E-state index in [2.05, 4.69) is 131 Å². The average molecular weight is 1130 g/mol. The van der Waals surface area contributed by atoms with Crippen LogP contribution in [0, 0.1) is 0 Å². The molecule has 13 heteroatoms. The molecule has 6 aromatic rings. The van der Waals surface area contributed by atoms with Crippen LogP contribution in [0.15, 0.2) is 182 Å². The van der Waals surface area contributed by atoms with Gasteiger partial charge in [-0.3, -0.25) is 0 Å². The molecule has 440 valence electrons. The summed E-state index contributed by atoms with van der Waals surface area (Å²) in [6.45, 7) is 22.7. The van der Waals surface area contributed by atoms with Gasteiger partial charge >= 0.3 is 0 Å². The minimum absolute atomic E-state index is 0.0000705. The molecule has 6 rings (SSSR count). The highest BCUT2D eigenvalue weighted by molar-refractivity contribution is 7.00. The number of rotatable bonds is 28. The van der Waals surface area contributed by atoms with E-state index in [1.165, 1.54) is 20.7 Å². The Morgan fingerprint density at radius 2 is 0.713 bits per heavy atom. The monoisotopic (exact) mass is 1130 g/mol. The van der Waals surface area contributed by atoms with Gasteiger partial charge in [-0.25, -0.2) is 0 Å². The van der Waals surface area contributed by atoms with Crippen LogP contribution in [0.5, 0.6) is 0 Å². The van der Waals surface area contributed by atoms with E-state index in [-0.39, 0.29) is 22.8 Å². The summed E-state index contributed by atoms with van der Waals surface area (Å²) in [7, 11) is -3.80. The summed E-state index contributed by atoms with van der Waals surface area (Å²) in [6, 6.07) is 62.0. The van der Waals surface area contributed by atoms with Gasteiger partial charge in [0.1, 0.15) is 0 Å². The first-order chi connectivity index (χ1) is 38.4. The van der Waals surface area contributed by atoms with E-state index in [9.17, 15) is 25.5 Å². The number of methoxy groups -OCH3 is 1. The molecule has 0 aliphatic carbocycles. The molecule has 11 nitrogen and oxygen atoms in total. The molecule has 80 heavy (non-hydrogen) atoms. The molecule has 0 saturated heterocycles. The summed E-state index contributed by atoms with van der Waals surface area (Å²) in [4.78, 5) is 0. The number of hydrogen-bond donors (Lipinski definition) is 6. The van der Waals surface area contributed by atoms with Crippen molar-refractivity contribution in [1.82, 2.24) is 0 Å². The van der Waals surface area contributed by atoms with Crippen LogP contribution in [0.2, 0.25) is 10.1 Å². The van der Waals surface area contributed by atoms with Gasteiger partial charge in [0.2, 0.25) is 0 Å². The average Bonchev–Trinajstić information content (AvgIpc) is 3.53. The van der Waals surface area contributed by atoms with Gasteiger partial charge in [0.05, 0.1) is 56.4 Å². The fourth-order valence-corrected chi connectivity index (χ4v) is 19.2. The van der Waals surface area contributed by atoms with Crippen LogP contribution >= 0.6 is 0 Å². The summed E-state index contributed by atoms with van der Waals surface area (Å²) in [5.41, 5.74) is 7.28. The normalized spacial score (nSPS) is 14.1. The van der Waals surface area contributed by atoms with Crippen molar-refractivity contribution in [2.75, 3.05) is 40.1 Å². The minimum Gasteiger partial charge on any atom is -0.402 e. The van der Waals surface area contributed by atoms with Crippen LogP contribution in [0.1, 0.15) is 112 Å². The van der Waals surface area contributed by atoms with E-state index in [1.54, 1.807) is 7.11 Å². The molecule has 7 N–H and O–H groups in total. The highest BCUT2D eigenvalue weighted by atomic mass is 28.4. The lowest BCUT2D eigenvalue weighted by molar-refractivity contribution is -0.00799. The van der Waals surface area contributed by atoms with Crippen molar-refractivity contribution < 1.29 is 48.6 Å². The molecule has 0 bridgehead atoms. The first-order valence-corrected chi connectivity index (χ1v) is 32.5. The third kappa shape index (κ3) is 21.9. The minimum atomic E-state index is -2.73. The van der Waals surface area contributed by atoms with Crippen LogP contribution in [-0.2, 0) is 36.3 Å². The number of nitrogens with two attached hydrogens (primary N) is 1. The number of benzene rings is 6. The SMILES string of the molecule is CC[C@@H](O)[C@@H](O)CCOCc1ccccc1.CC[C@@H](O)[C@H](CCO)O[Si](c1ccccc1)(c1ccccc1)C(C)(C)C.CC[C@@H](O)[C@H](CCOCc1ccccc1)O[Si](c1ccccc1)(c1ccccc1)C(C)(C)C.COCCN. The Hall–Kier alpha value is -4.69. The molecule has 0 radical (unpaired) electrons. The zero-order valence-corrected chi connectivity index (χ0v) is 51.8. The quantitative estimate of drug-likeness (QED) is 0.0204. The summed E-state index contributed by atoms with van der Waals surface area (Å²) in [5, 5.41) is 54.5. The van der Waals surface area contributed by atoms with Crippen molar-refractivity contribution in [3.63, 3.8) is 0 Å². The van der Waals surface area contributed by atoms with Gasteiger partial charge in [-0.15, -0.1) is 0 Å². The van der Waals surface area contributed by atoms with E-state index >= 15 is 0 Å². The molecule has 0 aromatic heterocycles. The fraction of sp³-hybridized carbons (Fsp3) is 0.463.